The molecule has 0 aromatic carbocycles. The minimum Gasteiger partial charge on any atom is -0.359 e. The van der Waals surface area contributed by atoms with Crippen molar-refractivity contribution in [2.75, 3.05) is 27.2 Å². The quantitative estimate of drug-likeness (QED) is 0.732. The van der Waals surface area contributed by atoms with E-state index in [2.05, 4.69) is 29.5 Å². The van der Waals surface area contributed by atoms with Crippen molar-refractivity contribution in [3.8, 4) is 0 Å². The number of nitrogens with zero attached hydrogens (tertiary/aromatic N) is 1. The molecular weight excluding hydrogens is 202 g/mol. The van der Waals surface area contributed by atoms with Gasteiger partial charge in [0.25, 0.3) is 0 Å². The molecule has 0 bridgehead atoms. The number of carbonyl (C=O) groups excluding carboxylic acids is 1. The molecule has 0 aromatic heterocycles. The van der Waals surface area contributed by atoms with Gasteiger partial charge in [0.15, 0.2) is 0 Å². The maximum Gasteiger partial charge on any atom is 0.226 e. The van der Waals surface area contributed by atoms with Crippen LogP contribution in [0.4, 0.5) is 0 Å². The number of likely N-dealkylation sites (tertiary alicyclic amines) is 1. The van der Waals surface area contributed by atoms with E-state index in [0.29, 0.717) is 12.1 Å². The van der Waals surface area contributed by atoms with Crippen LogP contribution in [0.3, 0.4) is 0 Å². The molecule has 94 valence electrons. The molecule has 2 atom stereocenters. The van der Waals surface area contributed by atoms with Crippen molar-refractivity contribution in [2.24, 2.45) is 5.41 Å². The van der Waals surface area contributed by atoms with E-state index < -0.39 is 0 Å². The molecule has 1 aliphatic heterocycles. The van der Waals surface area contributed by atoms with Gasteiger partial charge in [0, 0.05) is 32.2 Å². The number of hydrogen-bond donors (Lipinski definition) is 2. The Bertz CT molecular complexity index is 243. The summed E-state index contributed by atoms with van der Waals surface area (Å²) in [6.45, 7) is 8.00. The van der Waals surface area contributed by atoms with Gasteiger partial charge in [0.1, 0.15) is 0 Å². The average molecular weight is 227 g/mol. The van der Waals surface area contributed by atoms with Crippen LogP contribution in [0, 0.1) is 5.41 Å². The van der Waals surface area contributed by atoms with Crippen LogP contribution in [0.2, 0.25) is 0 Å². The number of likely N-dealkylation sites (N-methyl/N-ethyl adjacent to an activating group) is 1. The minimum atomic E-state index is -0.334. The number of nitrogens with one attached hydrogen (secondary N) is 2. The fourth-order valence-electron chi connectivity index (χ4n) is 2.16. The van der Waals surface area contributed by atoms with E-state index in [-0.39, 0.29) is 11.3 Å². The number of amides is 1. The maximum atomic E-state index is 11.6. The van der Waals surface area contributed by atoms with Gasteiger partial charge in [-0.3, -0.25) is 4.79 Å². The number of rotatable bonds is 4. The van der Waals surface area contributed by atoms with Crippen LogP contribution in [0.25, 0.3) is 0 Å². The molecule has 0 aromatic rings. The van der Waals surface area contributed by atoms with E-state index >= 15 is 0 Å². The van der Waals surface area contributed by atoms with Crippen LogP contribution in [-0.4, -0.2) is 50.1 Å². The van der Waals surface area contributed by atoms with E-state index in [1.54, 1.807) is 7.05 Å². The molecular formula is C12H25N3O. The molecule has 0 radical (unpaired) electrons. The fraction of sp³-hybridized carbons (Fsp3) is 0.917. The molecule has 0 saturated carbocycles. The molecule has 1 saturated heterocycles. The van der Waals surface area contributed by atoms with Crippen molar-refractivity contribution in [2.45, 2.75) is 39.3 Å². The van der Waals surface area contributed by atoms with E-state index in [9.17, 15) is 4.79 Å². The monoisotopic (exact) mass is 227 g/mol. The van der Waals surface area contributed by atoms with Gasteiger partial charge in [-0.05, 0) is 34.2 Å². The first-order chi connectivity index (χ1) is 7.36. The van der Waals surface area contributed by atoms with Gasteiger partial charge < -0.3 is 15.5 Å². The Morgan fingerprint density at radius 2 is 2.12 bits per heavy atom. The van der Waals surface area contributed by atoms with Gasteiger partial charge in [0.2, 0.25) is 5.91 Å². The van der Waals surface area contributed by atoms with Crippen LogP contribution in [-0.2, 0) is 4.79 Å². The molecule has 0 spiro atoms. The Hall–Kier alpha value is -0.610. The van der Waals surface area contributed by atoms with Crippen molar-refractivity contribution in [3.05, 3.63) is 0 Å². The lowest BCUT2D eigenvalue weighted by molar-refractivity contribution is -0.128. The second-order valence-electron chi connectivity index (χ2n) is 5.57. The number of carbonyl (C=O) groups is 1. The first-order valence-electron chi connectivity index (χ1n) is 6.02. The Morgan fingerprint density at radius 3 is 2.56 bits per heavy atom. The first kappa shape index (κ1) is 13.5. The molecule has 2 unspecified atom stereocenters. The van der Waals surface area contributed by atoms with E-state index in [0.717, 1.165) is 13.1 Å². The molecule has 4 nitrogen and oxygen atoms in total. The average Bonchev–Trinajstić information content (AvgIpc) is 2.54. The van der Waals surface area contributed by atoms with Gasteiger partial charge >= 0.3 is 0 Å². The topological polar surface area (TPSA) is 44.4 Å². The van der Waals surface area contributed by atoms with Crippen LogP contribution in [0.15, 0.2) is 0 Å². The highest BCUT2D eigenvalue weighted by Gasteiger charge is 2.30. The SMILES string of the molecule is CNC(=O)C(C)(C)CNC1CC(C)N(C)C1. The molecule has 16 heavy (non-hydrogen) atoms. The lowest BCUT2D eigenvalue weighted by Crippen LogP contribution is -2.45. The highest BCUT2D eigenvalue weighted by molar-refractivity contribution is 5.81. The summed E-state index contributed by atoms with van der Waals surface area (Å²) in [7, 11) is 3.84. The summed E-state index contributed by atoms with van der Waals surface area (Å²) in [5.74, 6) is 0.0967. The summed E-state index contributed by atoms with van der Waals surface area (Å²) in [4.78, 5) is 14.0. The van der Waals surface area contributed by atoms with Crippen molar-refractivity contribution in [1.29, 1.82) is 0 Å². The molecule has 2 N–H and O–H groups in total. The summed E-state index contributed by atoms with van der Waals surface area (Å²) < 4.78 is 0. The maximum absolute atomic E-state index is 11.6. The van der Waals surface area contributed by atoms with Gasteiger partial charge in [-0.1, -0.05) is 0 Å². The van der Waals surface area contributed by atoms with Gasteiger partial charge in [-0.25, -0.2) is 0 Å². The van der Waals surface area contributed by atoms with E-state index in [4.69, 9.17) is 0 Å². The molecule has 1 fully saturated rings. The van der Waals surface area contributed by atoms with E-state index in [1.807, 2.05) is 13.8 Å². The van der Waals surface area contributed by atoms with Crippen LogP contribution in [0.5, 0.6) is 0 Å². The van der Waals surface area contributed by atoms with Crippen LogP contribution >= 0.6 is 0 Å². The van der Waals surface area contributed by atoms with Crippen molar-refractivity contribution >= 4 is 5.91 Å². The predicted octanol–water partition coefficient (Wildman–Crippen LogP) is 0.441. The van der Waals surface area contributed by atoms with E-state index in [1.165, 1.54) is 6.42 Å². The number of hydrogen-bond acceptors (Lipinski definition) is 3. The minimum absolute atomic E-state index is 0.0967. The third-order valence-corrected chi connectivity index (χ3v) is 3.56. The molecule has 1 rings (SSSR count). The van der Waals surface area contributed by atoms with Gasteiger partial charge in [0.05, 0.1) is 5.41 Å². The lowest BCUT2D eigenvalue weighted by atomic mass is 9.92. The smallest absolute Gasteiger partial charge is 0.226 e. The second-order valence-corrected chi connectivity index (χ2v) is 5.57. The van der Waals surface area contributed by atoms with Crippen LogP contribution in [0.1, 0.15) is 27.2 Å². The van der Waals surface area contributed by atoms with Crippen molar-refractivity contribution in [3.63, 3.8) is 0 Å². The Kier molecular flexibility index (Phi) is 4.33. The highest BCUT2D eigenvalue weighted by atomic mass is 16.2. The zero-order valence-corrected chi connectivity index (χ0v) is 11.1. The predicted molar refractivity (Wildman–Crippen MR) is 66.3 cm³/mol. The summed E-state index contributed by atoms with van der Waals surface area (Å²) in [6.07, 6.45) is 1.17. The van der Waals surface area contributed by atoms with Crippen molar-refractivity contribution < 1.29 is 4.79 Å². The summed E-state index contributed by atoms with van der Waals surface area (Å²) in [6, 6.07) is 1.16. The molecule has 4 heteroatoms. The largest absolute Gasteiger partial charge is 0.359 e. The normalized spacial score (nSPS) is 27.1. The summed E-state index contributed by atoms with van der Waals surface area (Å²) >= 11 is 0. The zero-order chi connectivity index (χ0) is 12.3. The zero-order valence-electron chi connectivity index (χ0n) is 11.1. The first-order valence-corrected chi connectivity index (χ1v) is 6.02. The Morgan fingerprint density at radius 1 is 1.50 bits per heavy atom. The fourth-order valence-corrected chi connectivity index (χ4v) is 2.16. The highest BCUT2D eigenvalue weighted by Crippen LogP contribution is 2.18. The summed E-state index contributed by atoms with van der Waals surface area (Å²) in [5.41, 5.74) is -0.334. The second kappa shape index (κ2) is 5.15. The standard InChI is InChI=1S/C12H25N3O/c1-9-6-10(7-15(9)5)14-8-12(2,3)11(16)13-4/h9-10,14H,6-8H2,1-5H3,(H,13,16). The molecule has 1 aliphatic rings. The Labute approximate surface area is 98.8 Å². The molecule has 1 amide bonds. The molecule has 0 aliphatic carbocycles. The molecule has 1 heterocycles. The third-order valence-electron chi connectivity index (χ3n) is 3.56. The third kappa shape index (κ3) is 3.19. The van der Waals surface area contributed by atoms with Gasteiger partial charge in [-0.15, -0.1) is 0 Å². The lowest BCUT2D eigenvalue weighted by Gasteiger charge is -2.25. The summed E-state index contributed by atoms with van der Waals surface area (Å²) in [5, 5.41) is 6.20. The van der Waals surface area contributed by atoms with Crippen molar-refractivity contribution in [1.82, 2.24) is 15.5 Å². The van der Waals surface area contributed by atoms with Gasteiger partial charge in [-0.2, -0.15) is 0 Å². The Balaban J connectivity index is 2.38. The van der Waals surface area contributed by atoms with Crippen LogP contribution < -0.4 is 10.6 Å².